The summed E-state index contributed by atoms with van der Waals surface area (Å²) in [6.45, 7) is 32.4. The van der Waals surface area contributed by atoms with Crippen LogP contribution in [-0.4, -0.2) is 6.54 Å². The first kappa shape index (κ1) is 47.1. The molecular formula is C9H5CrNO5. The van der Waals surface area contributed by atoms with Gasteiger partial charge in [0, 0.05) is 17.4 Å². The Morgan fingerprint density at radius 3 is 1.00 bits per heavy atom. The zero-order valence-electron chi connectivity index (χ0n) is 7.89. The van der Waals surface area contributed by atoms with Gasteiger partial charge >= 0.3 is 56.5 Å². The number of rotatable bonds is 1. The molecule has 0 aromatic heterocycles. The Balaban J connectivity index is -0.0000000130. The summed E-state index contributed by atoms with van der Waals surface area (Å²) < 4.78 is 37.5. The number of hydrogen-bond acceptors (Lipinski definition) is 0. The molecule has 0 bridgehead atoms. The standard InChI is InChI=1S/C4H5N.5CO.Cr/c1-3-4-5-2;5*1-2;/h3H,1,4H2;;;;;;. The van der Waals surface area contributed by atoms with Crippen LogP contribution in [0.1, 0.15) is 0 Å². The fraction of sp³-hybridized carbons (Fsp3) is 0.111. The van der Waals surface area contributed by atoms with Crippen molar-refractivity contribution in [2.24, 2.45) is 0 Å². The average Bonchev–Trinajstić information content (AvgIpc) is 2.42. The van der Waals surface area contributed by atoms with Gasteiger partial charge in [0.25, 0.3) is 0 Å². The first-order chi connectivity index (χ1) is 7.41. The molecule has 0 unspecified atom stereocenters. The van der Waals surface area contributed by atoms with Crippen molar-refractivity contribution >= 4 is 0 Å². The maximum atomic E-state index is 7.50. The van der Waals surface area contributed by atoms with Gasteiger partial charge in [0.15, 0.2) is 0 Å². The van der Waals surface area contributed by atoms with E-state index >= 15 is 0 Å². The Hall–Kier alpha value is -1.54. The molecule has 82 valence electrons. The smallest absolute Gasteiger partial charge is 0 e. The van der Waals surface area contributed by atoms with Crippen molar-refractivity contribution in [2.45, 2.75) is 0 Å². The van der Waals surface area contributed by atoms with Crippen LogP contribution in [0.5, 0.6) is 0 Å². The molecule has 0 aliphatic heterocycles. The summed E-state index contributed by atoms with van der Waals surface area (Å²) in [6, 6.07) is 0. The maximum absolute atomic E-state index is 7.50. The van der Waals surface area contributed by atoms with Gasteiger partial charge in [-0.1, -0.05) is 6.58 Å². The van der Waals surface area contributed by atoms with Crippen molar-refractivity contribution in [2.75, 3.05) is 6.54 Å². The van der Waals surface area contributed by atoms with Crippen LogP contribution in [0.2, 0.25) is 0 Å². The van der Waals surface area contributed by atoms with Crippen molar-refractivity contribution in [1.82, 2.24) is 0 Å². The minimum absolute atomic E-state index is 0. The van der Waals surface area contributed by atoms with Gasteiger partial charge in [0.05, 0.1) is 0 Å². The third-order valence-corrected chi connectivity index (χ3v) is 0.220. The first-order valence-electron chi connectivity index (χ1n) is 2.38. The van der Waals surface area contributed by atoms with Gasteiger partial charge in [-0.3, -0.25) is 0 Å². The fourth-order valence-corrected chi connectivity index (χ4v) is 0.0645. The Morgan fingerprint density at radius 1 is 0.812 bits per heavy atom. The van der Waals surface area contributed by atoms with Crippen LogP contribution < -0.4 is 0 Å². The summed E-state index contributed by atoms with van der Waals surface area (Å²) in [5.74, 6) is 0. The van der Waals surface area contributed by atoms with E-state index in [9.17, 15) is 0 Å². The molecule has 0 radical (unpaired) electrons. The molecule has 0 rings (SSSR count). The van der Waals surface area contributed by atoms with E-state index in [4.69, 9.17) is 29.8 Å². The SMILES string of the molecule is [C-]#[N+]CC=C.[C-]#[O+].[C-]#[O+].[C-]#[O+].[C-]#[O+].[C-]#[O+].[Cr]. The Morgan fingerprint density at radius 2 is 1.00 bits per heavy atom. The van der Waals surface area contributed by atoms with E-state index in [2.05, 4.69) is 44.7 Å². The zero-order chi connectivity index (χ0) is 14.1. The summed E-state index contributed by atoms with van der Waals surface area (Å²) >= 11 is 0. The third-order valence-electron chi connectivity index (χ3n) is 0.220. The normalized spacial score (nSPS) is 2.31. The topological polar surface area (TPSA) is 104 Å². The van der Waals surface area contributed by atoms with Crippen LogP contribution in [0.25, 0.3) is 4.85 Å². The summed E-state index contributed by atoms with van der Waals surface area (Å²) in [5.41, 5.74) is 0. The number of hydrogen-bond donors (Lipinski definition) is 0. The second-order valence-electron chi connectivity index (χ2n) is 0.629. The quantitative estimate of drug-likeness (QED) is 0.379. The Kier molecular flexibility index (Phi) is 2880. The summed E-state index contributed by atoms with van der Waals surface area (Å²) in [4.78, 5) is 2.99. The molecule has 6 nitrogen and oxygen atoms in total. The summed E-state index contributed by atoms with van der Waals surface area (Å²) in [6.07, 6.45) is 1.58. The second kappa shape index (κ2) is 978. The molecule has 0 fully saturated rings. The van der Waals surface area contributed by atoms with Crippen LogP contribution in [-0.2, 0) is 40.6 Å². The summed E-state index contributed by atoms with van der Waals surface area (Å²) in [5, 5.41) is 0. The van der Waals surface area contributed by atoms with E-state index < -0.39 is 0 Å². The molecule has 0 heterocycles. The fourth-order valence-electron chi connectivity index (χ4n) is 0.0645. The van der Waals surface area contributed by atoms with Gasteiger partial charge in [-0.15, -0.1) is 0 Å². The number of nitrogens with zero attached hydrogens (tertiary/aromatic N) is 1. The average molecular weight is 259 g/mol. The zero-order valence-corrected chi connectivity index (χ0v) is 9.16. The van der Waals surface area contributed by atoms with Crippen LogP contribution in [0.15, 0.2) is 12.7 Å². The minimum Gasteiger partial charge on any atom is 0 e. The first-order valence-corrected chi connectivity index (χ1v) is 2.38. The van der Waals surface area contributed by atoms with E-state index in [1.165, 1.54) is 0 Å². The summed E-state index contributed by atoms with van der Waals surface area (Å²) in [7, 11) is 0. The largest absolute Gasteiger partial charge is 0 e. The van der Waals surface area contributed by atoms with Gasteiger partial charge in [0.1, 0.15) is 0 Å². The van der Waals surface area contributed by atoms with Crippen molar-refractivity contribution < 1.29 is 40.6 Å². The van der Waals surface area contributed by atoms with E-state index in [0.29, 0.717) is 6.54 Å². The second-order valence-corrected chi connectivity index (χ2v) is 0.629. The predicted molar refractivity (Wildman–Crippen MR) is 41.3 cm³/mol. The third kappa shape index (κ3) is 7660. The Bertz CT molecular complexity index is 186. The van der Waals surface area contributed by atoms with Gasteiger partial charge in [-0.05, 0) is 6.08 Å². The molecule has 0 aliphatic carbocycles. The van der Waals surface area contributed by atoms with Crippen LogP contribution in [0, 0.1) is 39.8 Å². The minimum atomic E-state index is 0. The van der Waals surface area contributed by atoms with E-state index in [0.717, 1.165) is 0 Å². The van der Waals surface area contributed by atoms with Crippen molar-refractivity contribution in [3.05, 3.63) is 57.3 Å². The van der Waals surface area contributed by atoms with Crippen LogP contribution in [0.3, 0.4) is 0 Å². The molecule has 16 heavy (non-hydrogen) atoms. The molecule has 0 saturated carbocycles. The molecule has 0 saturated heterocycles. The molecule has 0 aliphatic rings. The molecule has 0 aromatic rings. The molecular weight excluding hydrogens is 254 g/mol. The van der Waals surface area contributed by atoms with E-state index in [1.807, 2.05) is 0 Å². The van der Waals surface area contributed by atoms with Crippen molar-refractivity contribution in [3.8, 4) is 0 Å². The maximum Gasteiger partial charge on any atom is 0 e. The molecule has 0 atom stereocenters. The molecule has 0 amide bonds. The Labute approximate surface area is 105 Å². The predicted octanol–water partition coefficient (Wildman–Crippen LogP) is 0.902. The van der Waals surface area contributed by atoms with Crippen LogP contribution >= 0.6 is 0 Å². The van der Waals surface area contributed by atoms with Crippen LogP contribution in [0.4, 0.5) is 0 Å². The van der Waals surface area contributed by atoms with E-state index in [-0.39, 0.29) is 17.4 Å². The molecule has 7 heteroatoms. The van der Waals surface area contributed by atoms with Crippen molar-refractivity contribution in [1.29, 1.82) is 0 Å². The van der Waals surface area contributed by atoms with Gasteiger partial charge < -0.3 is 4.85 Å². The molecule has 0 spiro atoms. The van der Waals surface area contributed by atoms with Gasteiger partial charge in [-0.25, -0.2) is 6.57 Å². The van der Waals surface area contributed by atoms with Gasteiger partial charge in [-0.2, -0.15) is 0 Å². The van der Waals surface area contributed by atoms with E-state index in [1.54, 1.807) is 6.08 Å². The van der Waals surface area contributed by atoms with Crippen molar-refractivity contribution in [3.63, 3.8) is 0 Å². The monoisotopic (exact) mass is 259 g/mol. The van der Waals surface area contributed by atoms with Gasteiger partial charge in [0.2, 0.25) is 6.54 Å². The molecule has 0 N–H and O–H groups in total. The molecule has 0 aromatic carbocycles.